The molecule has 6 nitrogen and oxygen atoms in total. The van der Waals surface area contributed by atoms with E-state index >= 15 is 0 Å². The molecule has 0 saturated heterocycles. The van der Waals surface area contributed by atoms with Crippen molar-refractivity contribution in [3.63, 3.8) is 0 Å². The van der Waals surface area contributed by atoms with Gasteiger partial charge >= 0.3 is 0 Å². The van der Waals surface area contributed by atoms with Crippen molar-refractivity contribution in [2.24, 2.45) is 7.05 Å². The van der Waals surface area contributed by atoms with Crippen LogP contribution < -0.4 is 14.0 Å². The highest BCUT2D eigenvalue weighted by Gasteiger charge is 2.22. The normalized spacial score (nSPS) is 10.9. The van der Waals surface area contributed by atoms with Crippen LogP contribution in [0.5, 0.6) is 11.5 Å². The number of pyridine rings is 1. The van der Waals surface area contributed by atoms with E-state index in [0.29, 0.717) is 12.4 Å². The average molecular weight is 554 g/mol. The fourth-order valence-electron chi connectivity index (χ4n) is 4.84. The number of carbonyl (C=O) groups excluding carboxylic acids is 2. The number of aryl methyl sites for hydroxylation is 2. The monoisotopic (exact) mass is 553 g/mol. The summed E-state index contributed by atoms with van der Waals surface area (Å²) in [5.74, 6) is 0.758. The van der Waals surface area contributed by atoms with Crippen molar-refractivity contribution >= 4 is 11.8 Å². The fraction of sp³-hybridized carbons (Fsp3) is 0.618. The lowest BCUT2D eigenvalue weighted by Crippen LogP contribution is -2.43. The standard InChI is InChI=1S/C34H53N2O4/c1-5-6-7-8-9-10-11-12-13-14-15-16-17-20-25-39-32-22-23-33(29(2)26-32)40-28-34(38)36(30(3)37)27-31-21-18-19-24-35(31)4/h18-19,21-24,26H,5-17,20,25,27-28H2,1-4H3/q+1. The van der Waals surface area contributed by atoms with E-state index in [1.54, 1.807) is 0 Å². The van der Waals surface area contributed by atoms with E-state index in [4.69, 9.17) is 9.47 Å². The van der Waals surface area contributed by atoms with Gasteiger partial charge in [0.05, 0.1) is 6.61 Å². The van der Waals surface area contributed by atoms with Crippen molar-refractivity contribution in [3.8, 4) is 11.5 Å². The minimum atomic E-state index is -0.367. The third-order valence-corrected chi connectivity index (χ3v) is 7.43. The van der Waals surface area contributed by atoms with Crippen LogP contribution in [0.3, 0.4) is 0 Å². The maximum atomic E-state index is 12.8. The van der Waals surface area contributed by atoms with Gasteiger partial charge in [0.1, 0.15) is 25.1 Å². The van der Waals surface area contributed by atoms with Gasteiger partial charge in [0.15, 0.2) is 12.8 Å². The molecule has 0 radical (unpaired) electrons. The average Bonchev–Trinajstić information content (AvgIpc) is 2.94. The summed E-state index contributed by atoms with van der Waals surface area (Å²) in [7, 11) is 1.89. The molecule has 0 atom stereocenters. The summed E-state index contributed by atoms with van der Waals surface area (Å²) in [4.78, 5) is 26.1. The Morgan fingerprint density at radius 2 is 1.40 bits per heavy atom. The number of imide groups is 1. The molecule has 0 spiro atoms. The second kappa shape index (κ2) is 20.1. The molecule has 2 amide bonds. The molecule has 0 fully saturated rings. The predicted octanol–water partition coefficient (Wildman–Crippen LogP) is 7.63. The van der Waals surface area contributed by atoms with Crippen molar-refractivity contribution in [2.75, 3.05) is 13.2 Å². The van der Waals surface area contributed by atoms with Crippen LogP contribution in [-0.2, 0) is 23.2 Å². The minimum Gasteiger partial charge on any atom is -0.494 e. The number of nitrogens with zero attached hydrogens (tertiary/aromatic N) is 2. The van der Waals surface area contributed by atoms with E-state index in [1.165, 1.54) is 95.3 Å². The van der Waals surface area contributed by atoms with Crippen LogP contribution in [0.2, 0.25) is 0 Å². The largest absolute Gasteiger partial charge is 0.494 e. The summed E-state index contributed by atoms with van der Waals surface area (Å²) < 4.78 is 13.6. The molecular formula is C34H53N2O4+. The Morgan fingerprint density at radius 1 is 0.800 bits per heavy atom. The van der Waals surface area contributed by atoms with Crippen LogP contribution in [0.25, 0.3) is 0 Å². The van der Waals surface area contributed by atoms with E-state index in [0.717, 1.165) is 23.4 Å². The van der Waals surface area contributed by atoms with Crippen molar-refractivity contribution in [1.29, 1.82) is 0 Å². The molecule has 1 aromatic heterocycles. The zero-order valence-electron chi connectivity index (χ0n) is 25.6. The number of hydrogen-bond donors (Lipinski definition) is 0. The second-order valence-electron chi connectivity index (χ2n) is 11.0. The van der Waals surface area contributed by atoms with Gasteiger partial charge in [-0.2, -0.15) is 0 Å². The Bertz CT molecular complexity index is 1010. The molecule has 0 aliphatic rings. The van der Waals surface area contributed by atoms with Gasteiger partial charge in [0.25, 0.3) is 5.91 Å². The third kappa shape index (κ3) is 13.5. The van der Waals surface area contributed by atoms with Crippen molar-refractivity contribution < 1.29 is 23.6 Å². The maximum Gasteiger partial charge on any atom is 0.267 e. The fourth-order valence-corrected chi connectivity index (χ4v) is 4.84. The SMILES string of the molecule is CCCCCCCCCCCCCCCCOc1ccc(OCC(=O)N(Cc2cccc[n+]2C)C(C)=O)c(C)c1. The van der Waals surface area contributed by atoms with Gasteiger partial charge < -0.3 is 9.47 Å². The van der Waals surface area contributed by atoms with Crippen LogP contribution in [0.4, 0.5) is 0 Å². The van der Waals surface area contributed by atoms with Gasteiger partial charge in [0.2, 0.25) is 11.6 Å². The van der Waals surface area contributed by atoms with Gasteiger partial charge in [-0.25, -0.2) is 4.57 Å². The number of carbonyl (C=O) groups is 2. The van der Waals surface area contributed by atoms with Crippen LogP contribution in [0, 0.1) is 6.92 Å². The quantitative estimate of drug-likeness (QED) is 0.118. The molecule has 0 N–H and O–H groups in total. The van der Waals surface area contributed by atoms with E-state index in [2.05, 4.69) is 6.92 Å². The number of ether oxygens (including phenoxy) is 2. The minimum absolute atomic E-state index is 0.198. The molecule has 0 aliphatic heterocycles. The number of unbranched alkanes of at least 4 members (excludes halogenated alkanes) is 13. The first-order chi connectivity index (χ1) is 19.4. The Labute approximate surface area is 243 Å². The Balaban J connectivity index is 1.59. The molecule has 2 aromatic rings. The zero-order valence-corrected chi connectivity index (χ0v) is 25.6. The summed E-state index contributed by atoms with van der Waals surface area (Å²) >= 11 is 0. The number of hydrogen-bond acceptors (Lipinski definition) is 4. The lowest BCUT2D eigenvalue weighted by molar-refractivity contribution is -0.679. The van der Waals surface area contributed by atoms with Gasteiger partial charge in [-0.3, -0.25) is 14.5 Å². The lowest BCUT2D eigenvalue weighted by atomic mass is 10.0. The Kier molecular flexibility index (Phi) is 16.7. The maximum absolute atomic E-state index is 12.8. The lowest BCUT2D eigenvalue weighted by Gasteiger charge is -2.18. The highest BCUT2D eigenvalue weighted by atomic mass is 16.5. The summed E-state index contributed by atoms with van der Waals surface area (Å²) in [5, 5.41) is 0. The molecule has 0 saturated carbocycles. The molecule has 0 aliphatic carbocycles. The van der Waals surface area contributed by atoms with Crippen LogP contribution >= 0.6 is 0 Å². The molecule has 0 unspecified atom stereocenters. The second-order valence-corrected chi connectivity index (χ2v) is 11.0. The van der Waals surface area contributed by atoms with E-state index in [1.807, 2.05) is 61.1 Å². The van der Waals surface area contributed by atoms with E-state index in [-0.39, 0.29) is 25.0 Å². The van der Waals surface area contributed by atoms with Gasteiger partial charge in [-0.15, -0.1) is 0 Å². The van der Waals surface area contributed by atoms with Gasteiger partial charge in [-0.1, -0.05) is 96.5 Å². The molecule has 6 heteroatoms. The molecule has 2 rings (SSSR count). The van der Waals surface area contributed by atoms with Gasteiger partial charge in [0, 0.05) is 19.1 Å². The van der Waals surface area contributed by atoms with Crippen molar-refractivity contribution in [1.82, 2.24) is 4.90 Å². The third-order valence-electron chi connectivity index (χ3n) is 7.43. The molecule has 222 valence electrons. The van der Waals surface area contributed by atoms with E-state index < -0.39 is 0 Å². The van der Waals surface area contributed by atoms with Gasteiger partial charge in [-0.05, 0) is 37.1 Å². The number of aromatic nitrogens is 1. The number of amides is 2. The zero-order chi connectivity index (χ0) is 29.0. The van der Waals surface area contributed by atoms with Crippen LogP contribution in [0.1, 0.15) is 115 Å². The topological polar surface area (TPSA) is 59.7 Å². The molecular weight excluding hydrogens is 500 g/mol. The smallest absolute Gasteiger partial charge is 0.267 e. The highest BCUT2D eigenvalue weighted by molar-refractivity contribution is 5.94. The molecule has 0 bridgehead atoms. The summed E-state index contributed by atoms with van der Waals surface area (Å²) in [5.41, 5.74) is 1.76. The first-order valence-corrected chi connectivity index (χ1v) is 15.5. The number of benzene rings is 1. The first kappa shape index (κ1) is 33.3. The summed E-state index contributed by atoms with van der Waals surface area (Å²) in [6.07, 6.45) is 20.7. The highest BCUT2D eigenvalue weighted by Crippen LogP contribution is 2.24. The molecule has 40 heavy (non-hydrogen) atoms. The van der Waals surface area contributed by atoms with Crippen LogP contribution in [-0.4, -0.2) is 29.9 Å². The summed E-state index contributed by atoms with van der Waals surface area (Å²) in [6, 6.07) is 11.3. The Morgan fingerprint density at radius 3 is 1.95 bits per heavy atom. The van der Waals surface area contributed by atoms with E-state index in [9.17, 15) is 9.59 Å². The molecule has 1 aromatic carbocycles. The Hall–Kier alpha value is -2.89. The molecule has 1 heterocycles. The van der Waals surface area contributed by atoms with Crippen LogP contribution in [0.15, 0.2) is 42.6 Å². The summed E-state index contributed by atoms with van der Waals surface area (Å²) in [6.45, 7) is 6.33. The first-order valence-electron chi connectivity index (χ1n) is 15.5. The number of rotatable bonds is 21. The van der Waals surface area contributed by atoms with Crippen molar-refractivity contribution in [2.45, 2.75) is 117 Å². The predicted molar refractivity (Wildman–Crippen MR) is 161 cm³/mol. The van der Waals surface area contributed by atoms with Crippen molar-refractivity contribution in [3.05, 3.63) is 53.9 Å².